The van der Waals surface area contributed by atoms with Gasteiger partial charge in [0, 0.05) is 34.2 Å². The van der Waals surface area contributed by atoms with Crippen LogP contribution in [0.5, 0.6) is 0 Å². The standard InChI is InChI=1S/C10H9BrFN/c1-13-6-7(5-12)9-4-8(11)2-3-10(9)13/h2-4,6H,5H2,1H3. The average molecular weight is 242 g/mol. The Morgan fingerprint density at radius 3 is 2.92 bits per heavy atom. The Hall–Kier alpha value is -0.830. The van der Waals surface area contributed by atoms with Gasteiger partial charge < -0.3 is 4.57 Å². The van der Waals surface area contributed by atoms with Gasteiger partial charge in [-0.3, -0.25) is 0 Å². The van der Waals surface area contributed by atoms with Gasteiger partial charge in [-0.2, -0.15) is 0 Å². The second-order valence-electron chi connectivity index (χ2n) is 3.06. The van der Waals surface area contributed by atoms with E-state index in [1.165, 1.54) is 0 Å². The summed E-state index contributed by atoms with van der Waals surface area (Å²) >= 11 is 3.37. The van der Waals surface area contributed by atoms with Crippen molar-refractivity contribution < 1.29 is 4.39 Å². The summed E-state index contributed by atoms with van der Waals surface area (Å²) in [5.74, 6) is 0. The molecule has 3 heteroatoms. The monoisotopic (exact) mass is 241 g/mol. The van der Waals surface area contributed by atoms with E-state index < -0.39 is 6.67 Å². The van der Waals surface area contributed by atoms with E-state index in [0.29, 0.717) is 0 Å². The van der Waals surface area contributed by atoms with Gasteiger partial charge >= 0.3 is 0 Å². The zero-order chi connectivity index (χ0) is 9.42. The number of aromatic nitrogens is 1. The van der Waals surface area contributed by atoms with Gasteiger partial charge in [0.2, 0.25) is 0 Å². The van der Waals surface area contributed by atoms with Crippen LogP contribution in [0.3, 0.4) is 0 Å². The molecule has 0 aliphatic carbocycles. The van der Waals surface area contributed by atoms with Crippen molar-refractivity contribution in [3.63, 3.8) is 0 Å². The Bertz CT molecular complexity index is 447. The molecule has 1 aromatic carbocycles. The van der Waals surface area contributed by atoms with Crippen LogP contribution in [0.2, 0.25) is 0 Å². The minimum Gasteiger partial charge on any atom is -0.350 e. The molecule has 0 spiro atoms. The third kappa shape index (κ3) is 1.37. The molecule has 0 amide bonds. The third-order valence-electron chi connectivity index (χ3n) is 2.18. The minimum absolute atomic E-state index is 0.409. The van der Waals surface area contributed by atoms with Crippen LogP contribution >= 0.6 is 15.9 Å². The van der Waals surface area contributed by atoms with Crippen molar-refractivity contribution in [2.24, 2.45) is 7.05 Å². The van der Waals surface area contributed by atoms with Gasteiger partial charge in [-0.1, -0.05) is 15.9 Å². The van der Waals surface area contributed by atoms with Gasteiger partial charge in [0.15, 0.2) is 0 Å². The predicted molar refractivity (Wildman–Crippen MR) is 55.4 cm³/mol. The normalized spacial score (nSPS) is 11.0. The quantitative estimate of drug-likeness (QED) is 0.722. The van der Waals surface area contributed by atoms with Crippen molar-refractivity contribution >= 4 is 26.8 Å². The van der Waals surface area contributed by atoms with E-state index in [-0.39, 0.29) is 0 Å². The molecular weight excluding hydrogens is 233 g/mol. The maximum Gasteiger partial charge on any atom is 0.117 e. The first-order valence-electron chi connectivity index (χ1n) is 4.02. The minimum atomic E-state index is -0.409. The molecule has 0 atom stereocenters. The van der Waals surface area contributed by atoms with E-state index in [4.69, 9.17) is 0 Å². The van der Waals surface area contributed by atoms with E-state index in [1.807, 2.05) is 36.0 Å². The lowest BCUT2D eigenvalue weighted by Crippen LogP contribution is -1.82. The number of hydrogen-bond acceptors (Lipinski definition) is 0. The second-order valence-corrected chi connectivity index (χ2v) is 3.98. The number of hydrogen-bond donors (Lipinski definition) is 0. The molecule has 0 radical (unpaired) electrons. The van der Waals surface area contributed by atoms with Crippen molar-refractivity contribution in [1.82, 2.24) is 4.57 Å². The highest BCUT2D eigenvalue weighted by molar-refractivity contribution is 9.10. The van der Waals surface area contributed by atoms with Crippen LogP contribution in [-0.4, -0.2) is 4.57 Å². The Balaban J connectivity index is 2.81. The number of halogens is 2. The van der Waals surface area contributed by atoms with Crippen molar-refractivity contribution in [3.05, 3.63) is 34.4 Å². The third-order valence-corrected chi connectivity index (χ3v) is 2.67. The van der Waals surface area contributed by atoms with Crippen molar-refractivity contribution in [3.8, 4) is 0 Å². The Morgan fingerprint density at radius 1 is 1.46 bits per heavy atom. The summed E-state index contributed by atoms with van der Waals surface area (Å²) in [6.07, 6.45) is 1.83. The van der Waals surface area contributed by atoms with Gasteiger partial charge in [0.25, 0.3) is 0 Å². The Morgan fingerprint density at radius 2 is 2.23 bits per heavy atom. The van der Waals surface area contributed by atoms with Crippen molar-refractivity contribution in [2.45, 2.75) is 6.67 Å². The Labute approximate surface area is 84.3 Å². The van der Waals surface area contributed by atoms with E-state index in [1.54, 1.807) is 0 Å². The molecule has 0 saturated carbocycles. The molecule has 0 fully saturated rings. The molecule has 13 heavy (non-hydrogen) atoms. The fourth-order valence-corrected chi connectivity index (χ4v) is 1.91. The summed E-state index contributed by atoms with van der Waals surface area (Å²) in [6.45, 7) is -0.409. The van der Waals surface area contributed by atoms with E-state index in [2.05, 4.69) is 15.9 Å². The molecule has 1 aromatic heterocycles. The second kappa shape index (κ2) is 3.14. The first kappa shape index (κ1) is 8.75. The van der Waals surface area contributed by atoms with Crippen molar-refractivity contribution in [2.75, 3.05) is 0 Å². The molecule has 68 valence electrons. The summed E-state index contributed by atoms with van der Waals surface area (Å²) in [4.78, 5) is 0. The van der Waals surface area contributed by atoms with Gasteiger partial charge in [-0.15, -0.1) is 0 Å². The SMILES string of the molecule is Cn1cc(CF)c2cc(Br)ccc21. The van der Waals surface area contributed by atoms with Crippen LogP contribution in [0.25, 0.3) is 10.9 Å². The zero-order valence-corrected chi connectivity index (χ0v) is 8.81. The summed E-state index contributed by atoms with van der Waals surface area (Å²) < 4.78 is 15.5. The van der Waals surface area contributed by atoms with Gasteiger partial charge in [-0.05, 0) is 18.2 Å². The fraction of sp³-hybridized carbons (Fsp3) is 0.200. The van der Waals surface area contributed by atoms with Crippen LogP contribution in [0.15, 0.2) is 28.9 Å². The molecule has 0 aliphatic heterocycles. The molecule has 1 nitrogen and oxygen atoms in total. The number of benzene rings is 1. The highest BCUT2D eigenvalue weighted by Crippen LogP contribution is 2.24. The number of fused-ring (bicyclic) bond motifs is 1. The molecule has 2 rings (SSSR count). The van der Waals surface area contributed by atoms with E-state index in [9.17, 15) is 4.39 Å². The van der Waals surface area contributed by atoms with Gasteiger partial charge in [0.05, 0.1) is 0 Å². The topological polar surface area (TPSA) is 4.93 Å². The lowest BCUT2D eigenvalue weighted by molar-refractivity contribution is 0.487. The molecule has 1 heterocycles. The van der Waals surface area contributed by atoms with Gasteiger partial charge in [-0.25, -0.2) is 4.39 Å². The number of rotatable bonds is 1. The van der Waals surface area contributed by atoms with E-state index >= 15 is 0 Å². The molecule has 2 aromatic rings. The molecular formula is C10H9BrFN. The first-order chi connectivity index (χ1) is 6.22. The zero-order valence-electron chi connectivity index (χ0n) is 7.22. The summed E-state index contributed by atoms with van der Waals surface area (Å²) in [6, 6.07) is 5.90. The highest BCUT2D eigenvalue weighted by Gasteiger charge is 2.05. The number of nitrogens with zero attached hydrogens (tertiary/aromatic N) is 1. The van der Waals surface area contributed by atoms with Crippen LogP contribution < -0.4 is 0 Å². The fourth-order valence-electron chi connectivity index (χ4n) is 1.55. The highest BCUT2D eigenvalue weighted by atomic mass is 79.9. The lowest BCUT2D eigenvalue weighted by atomic mass is 10.2. The van der Waals surface area contributed by atoms with Gasteiger partial charge in [0.1, 0.15) is 6.67 Å². The smallest absolute Gasteiger partial charge is 0.117 e. The molecule has 0 aliphatic rings. The van der Waals surface area contributed by atoms with Crippen LogP contribution in [0, 0.1) is 0 Å². The summed E-state index contributed by atoms with van der Waals surface area (Å²) in [5, 5.41) is 0.986. The Kier molecular flexibility index (Phi) is 2.12. The molecule has 0 bridgehead atoms. The lowest BCUT2D eigenvalue weighted by Gasteiger charge is -1.95. The average Bonchev–Trinajstić information content (AvgIpc) is 2.42. The van der Waals surface area contributed by atoms with Crippen LogP contribution in [0.4, 0.5) is 4.39 Å². The predicted octanol–water partition coefficient (Wildman–Crippen LogP) is 3.41. The largest absolute Gasteiger partial charge is 0.350 e. The maximum atomic E-state index is 12.6. The molecule has 0 unspecified atom stereocenters. The van der Waals surface area contributed by atoms with Crippen LogP contribution in [-0.2, 0) is 13.7 Å². The van der Waals surface area contributed by atoms with Crippen molar-refractivity contribution in [1.29, 1.82) is 0 Å². The maximum absolute atomic E-state index is 12.6. The number of aryl methyl sites for hydroxylation is 1. The first-order valence-corrected chi connectivity index (χ1v) is 4.81. The summed E-state index contributed by atoms with van der Waals surface area (Å²) in [5.41, 5.74) is 1.81. The summed E-state index contributed by atoms with van der Waals surface area (Å²) in [7, 11) is 1.93. The molecule has 0 N–H and O–H groups in total. The molecule has 0 saturated heterocycles. The number of alkyl halides is 1. The van der Waals surface area contributed by atoms with Crippen LogP contribution in [0.1, 0.15) is 5.56 Å². The van der Waals surface area contributed by atoms with E-state index in [0.717, 1.165) is 20.9 Å².